The molecule has 43 heavy (non-hydrogen) atoms. The number of benzene rings is 4. The first-order valence-electron chi connectivity index (χ1n) is 13.6. The number of rotatable bonds is 6. The second kappa shape index (κ2) is 12.4. The molecule has 6 nitrogen and oxygen atoms in total. The van der Waals surface area contributed by atoms with Crippen LogP contribution in [0.1, 0.15) is 49.9 Å². The fourth-order valence-electron chi connectivity index (χ4n) is 3.91. The summed E-state index contributed by atoms with van der Waals surface area (Å²) >= 11 is 0. The first-order chi connectivity index (χ1) is 20.1. The van der Waals surface area contributed by atoms with E-state index in [9.17, 15) is 18.6 Å². The molecule has 0 unspecified atom stereocenters. The van der Waals surface area contributed by atoms with Crippen molar-refractivity contribution >= 4 is 9.84 Å². The van der Waals surface area contributed by atoms with E-state index < -0.39 is 21.0 Å². The molecule has 4 aromatic rings. The van der Waals surface area contributed by atoms with Crippen molar-refractivity contribution in [1.29, 1.82) is 0 Å². The third-order valence-corrected chi connectivity index (χ3v) is 7.98. The molecule has 0 saturated carbocycles. The Kier molecular flexibility index (Phi) is 9.04. The van der Waals surface area contributed by atoms with E-state index >= 15 is 0 Å². The zero-order valence-electron chi connectivity index (χ0n) is 25.0. The summed E-state index contributed by atoms with van der Waals surface area (Å²) in [6, 6.07) is 23.4. The summed E-state index contributed by atoms with van der Waals surface area (Å²) in [6.45, 7) is 10.2. The van der Waals surface area contributed by atoms with Gasteiger partial charge in [-0.05, 0) is 126 Å². The quantitative estimate of drug-likeness (QED) is 0.234. The molecular formula is C36H34O6S. The number of hydrogen-bond acceptors (Lipinski definition) is 6. The lowest BCUT2D eigenvalue weighted by Crippen LogP contribution is -2.14. The average Bonchev–Trinajstić information content (AvgIpc) is 2.93. The largest absolute Gasteiger partial charge is 0.457 e. The summed E-state index contributed by atoms with van der Waals surface area (Å²) < 4.78 is 38.6. The van der Waals surface area contributed by atoms with Crippen molar-refractivity contribution in [3.8, 4) is 46.7 Å². The predicted octanol–water partition coefficient (Wildman–Crippen LogP) is 6.97. The van der Waals surface area contributed by atoms with Crippen LogP contribution in [0.3, 0.4) is 0 Å². The van der Waals surface area contributed by atoms with Gasteiger partial charge in [-0.1, -0.05) is 29.7 Å². The topological polar surface area (TPSA) is 93.1 Å². The Bertz CT molecular complexity index is 1850. The van der Waals surface area contributed by atoms with Crippen molar-refractivity contribution in [1.82, 2.24) is 0 Å². The maximum atomic E-state index is 13.3. The maximum absolute atomic E-state index is 13.3. The third-order valence-electron chi connectivity index (χ3n) is 6.20. The predicted molar refractivity (Wildman–Crippen MR) is 167 cm³/mol. The number of aliphatic hydroxyl groups is 2. The molecule has 0 radical (unpaired) electrons. The smallest absolute Gasteiger partial charge is 0.206 e. The van der Waals surface area contributed by atoms with Gasteiger partial charge in [-0.3, -0.25) is 0 Å². The molecule has 220 valence electrons. The van der Waals surface area contributed by atoms with Gasteiger partial charge in [-0.15, -0.1) is 0 Å². The Morgan fingerprint density at radius 3 is 1.67 bits per heavy atom. The van der Waals surface area contributed by atoms with E-state index in [1.807, 2.05) is 32.0 Å². The first kappa shape index (κ1) is 31.4. The molecule has 0 heterocycles. The minimum absolute atomic E-state index is 0.133. The van der Waals surface area contributed by atoms with Crippen molar-refractivity contribution < 1.29 is 28.1 Å². The zero-order chi connectivity index (χ0) is 31.4. The van der Waals surface area contributed by atoms with Gasteiger partial charge in [0.2, 0.25) is 9.84 Å². The molecule has 0 spiro atoms. The van der Waals surface area contributed by atoms with Crippen LogP contribution in [-0.4, -0.2) is 29.8 Å². The van der Waals surface area contributed by atoms with Crippen LogP contribution in [0.2, 0.25) is 0 Å². The van der Waals surface area contributed by atoms with Crippen molar-refractivity contribution in [2.24, 2.45) is 0 Å². The normalized spacial score (nSPS) is 11.5. The van der Waals surface area contributed by atoms with Gasteiger partial charge in [0.1, 0.15) is 34.2 Å². The van der Waals surface area contributed by atoms with Crippen molar-refractivity contribution in [3.63, 3.8) is 0 Å². The van der Waals surface area contributed by atoms with Crippen LogP contribution in [0.4, 0.5) is 0 Å². The summed E-state index contributed by atoms with van der Waals surface area (Å²) in [5.41, 5.74) is 0.954. The molecule has 7 heteroatoms. The van der Waals surface area contributed by atoms with Gasteiger partial charge in [-0.25, -0.2) is 8.42 Å². The maximum Gasteiger partial charge on any atom is 0.206 e. The van der Waals surface area contributed by atoms with E-state index in [1.165, 1.54) is 24.3 Å². The van der Waals surface area contributed by atoms with E-state index in [0.29, 0.717) is 23.0 Å². The second-order valence-corrected chi connectivity index (χ2v) is 13.1. The molecule has 0 fully saturated rings. The highest BCUT2D eigenvalue weighted by molar-refractivity contribution is 7.91. The molecule has 0 atom stereocenters. The Morgan fingerprint density at radius 2 is 1.16 bits per heavy atom. The lowest BCUT2D eigenvalue weighted by molar-refractivity contribution is 0.143. The van der Waals surface area contributed by atoms with Gasteiger partial charge in [-0.2, -0.15) is 0 Å². The average molecular weight is 595 g/mol. The van der Waals surface area contributed by atoms with Crippen molar-refractivity contribution in [2.45, 2.75) is 62.5 Å². The molecule has 0 amide bonds. The van der Waals surface area contributed by atoms with Crippen LogP contribution in [0, 0.1) is 37.5 Å². The van der Waals surface area contributed by atoms with Crippen LogP contribution in [0.5, 0.6) is 23.0 Å². The number of sulfone groups is 1. The number of aryl methyl sites for hydroxylation is 1. The minimum Gasteiger partial charge on any atom is -0.457 e. The van der Waals surface area contributed by atoms with Gasteiger partial charge >= 0.3 is 0 Å². The Morgan fingerprint density at radius 1 is 0.651 bits per heavy atom. The van der Waals surface area contributed by atoms with Crippen molar-refractivity contribution in [2.75, 3.05) is 0 Å². The summed E-state index contributed by atoms with van der Waals surface area (Å²) in [4.78, 5) is 0.269. The lowest BCUT2D eigenvalue weighted by atomic mass is 10.1. The monoisotopic (exact) mass is 594 g/mol. The third kappa shape index (κ3) is 8.50. The number of ether oxygens (including phenoxy) is 2. The zero-order valence-corrected chi connectivity index (χ0v) is 25.8. The Labute approximate surface area is 253 Å². The molecular weight excluding hydrogens is 560 g/mol. The molecule has 2 N–H and O–H groups in total. The van der Waals surface area contributed by atoms with Gasteiger partial charge < -0.3 is 19.7 Å². The van der Waals surface area contributed by atoms with Gasteiger partial charge in [0.25, 0.3) is 0 Å². The van der Waals surface area contributed by atoms with Crippen LogP contribution >= 0.6 is 0 Å². The fraction of sp³-hybridized carbons (Fsp3) is 0.222. The minimum atomic E-state index is -3.78. The van der Waals surface area contributed by atoms with E-state index in [4.69, 9.17) is 9.47 Å². The molecule has 0 aliphatic rings. The van der Waals surface area contributed by atoms with Gasteiger partial charge in [0, 0.05) is 16.7 Å². The summed E-state index contributed by atoms with van der Waals surface area (Å²) in [5, 5.41) is 19.7. The van der Waals surface area contributed by atoms with E-state index in [2.05, 4.69) is 23.7 Å². The highest BCUT2D eigenvalue weighted by atomic mass is 32.2. The molecule has 0 saturated heterocycles. The van der Waals surface area contributed by atoms with Crippen LogP contribution in [-0.2, 0) is 9.84 Å². The van der Waals surface area contributed by atoms with E-state index in [1.54, 1.807) is 70.2 Å². The molecule has 0 aliphatic carbocycles. The molecule has 4 aromatic carbocycles. The Balaban J connectivity index is 1.46. The van der Waals surface area contributed by atoms with Gasteiger partial charge in [0.05, 0.1) is 9.79 Å². The molecule has 0 bridgehead atoms. The second-order valence-electron chi connectivity index (χ2n) is 11.2. The van der Waals surface area contributed by atoms with E-state index in [-0.39, 0.29) is 9.79 Å². The van der Waals surface area contributed by atoms with Crippen LogP contribution in [0.25, 0.3) is 0 Å². The summed E-state index contributed by atoms with van der Waals surface area (Å²) in [6.07, 6.45) is 0. The number of hydrogen-bond donors (Lipinski definition) is 2. The standard InChI is InChI=1S/C36H34O6S/c1-25-24-27(20-22-35(3,4)37)10-19-33(25)41-29-11-15-31(16-12-29)43(39,40)32-17-13-30(14-18-32)42-34-9-7-8-28(26(34)2)21-23-36(5,6)38/h7-19,24,37-38H,1-6H3. The fourth-order valence-corrected chi connectivity index (χ4v) is 5.17. The van der Waals surface area contributed by atoms with E-state index in [0.717, 1.165) is 22.3 Å². The van der Waals surface area contributed by atoms with Crippen molar-refractivity contribution in [3.05, 3.63) is 107 Å². The molecule has 0 aliphatic heterocycles. The molecule has 4 rings (SSSR count). The summed E-state index contributed by atoms with van der Waals surface area (Å²) in [5.74, 6) is 13.7. The highest BCUT2D eigenvalue weighted by Gasteiger charge is 2.18. The SMILES string of the molecule is Cc1cc(C#CC(C)(C)O)ccc1Oc1ccc(S(=O)(=O)c2ccc(Oc3cccc(C#CC(C)(C)O)c3C)cc2)cc1. The van der Waals surface area contributed by atoms with Crippen LogP contribution < -0.4 is 9.47 Å². The first-order valence-corrected chi connectivity index (χ1v) is 15.1. The van der Waals surface area contributed by atoms with Gasteiger partial charge in [0.15, 0.2) is 0 Å². The van der Waals surface area contributed by atoms with Crippen LogP contribution in [0.15, 0.2) is 94.7 Å². The Hall–Kier alpha value is -4.53. The molecule has 0 aromatic heterocycles. The highest BCUT2D eigenvalue weighted by Crippen LogP contribution is 2.31. The summed E-state index contributed by atoms with van der Waals surface area (Å²) in [7, 11) is -3.78. The lowest BCUT2D eigenvalue weighted by Gasteiger charge is -2.12.